The summed E-state index contributed by atoms with van der Waals surface area (Å²) in [5.41, 5.74) is 0.356. The van der Waals surface area contributed by atoms with Crippen molar-refractivity contribution < 1.29 is 19.5 Å². The van der Waals surface area contributed by atoms with Crippen LogP contribution < -0.4 is 5.32 Å². The van der Waals surface area contributed by atoms with Gasteiger partial charge in [0.15, 0.2) is 0 Å². The van der Waals surface area contributed by atoms with Crippen LogP contribution in [-0.4, -0.2) is 40.9 Å². The number of piperidine rings is 1. The maximum atomic E-state index is 12.5. The average molecular weight is 331 g/mol. The Bertz CT molecular complexity index is 579. The van der Waals surface area contributed by atoms with Crippen molar-refractivity contribution in [1.82, 2.24) is 4.90 Å². The number of carboxylic acid groups (broad SMARTS) is 1. The van der Waals surface area contributed by atoms with Crippen molar-refractivity contribution in [1.29, 1.82) is 0 Å². The summed E-state index contributed by atoms with van der Waals surface area (Å²) in [5.74, 6) is -1.72. The van der Waals surface area contributed by atoms with Crippen molar-refractivity contribution >= 4 is 45.7 Å². The van der Waals surface area contributed by atoms with Crippen molar-refractivity contribution in [2.75, 3.05) is 18.4 Å². The van der Waals surface area contributed by atoms with Crippen molar-refractivity contribution in [3.8, 4) is 0 Å². The third-order valence-corrected chi connectivity index (χ3v) is 4.53. The van der Waals surface area contributed by atoms with Crippen molar-refractivity contribution in [2.24, 2.45) is 5.92 Å². The molecule has 0 bridgehead atoms. The molecule has 0 saturated carbocycles. The van der Waals surface area contributed by atoms with E-state index in [1.165, 1.54) is 13.0 Å². The number of aliphatic carboxylic acids is 1. The van der Waals surface area contributed by atoms with Gasteiger partial charge in [-0.25, -0.2) is 0 Å². The number of amides is 2. The van der Waals surface area contributed by atoms with E-state index in [-0.39, 0.29) is 11.8 Å². The lowest BCUT2D eigenvalue weighted by Gasteiger charge is -2.30. The highest BCUT2D eigenvalue weighted by molar-refractivity contribution is 7.20. The molecule has 0 atom stereocenters. The quantitative estimate of drug-likeness (QED) is 0.890. The van der Waals surface area contributed by atoms with Crippen LogP contribution >= 0.6 is 22.9 Å². The summed E-state index contributed by atoms with van der Waals surface area (Å²) in [6.07, 6.45) is 0.878. The van der Waals surface area contributed by atoms with Crippen LogP contribution in [0.4, 0.5) is 5.00 Å². The highest BCUT2D eigenvalue weighted by atomic mass is 35.5. The summed E-state index contributed by atoms with van der Waals surface area (Å²) < 4.78 is 0.419. The fourth-order valence-electron chi connectivity index (χ4n) is 2.27. The highest BCUT2D eigenvalue weighted by Crippen LogP contribution is 2.33. The summed E-state index contributed by atoms with van der Waals surface area (Å²) in [5, 5.41) is 12.0. The van der Waals surface area contributed by atoms with E-state index in [9.17, 15) is 14.4 Å². The summed E-state index contributed by atoms with van der Waals surface area (Å²) in [6, 6.07) is 1.53. The first kappa shape index (κ1) is 15.8. The molecular weight excluding hydrogens is 316 g/mol. The van der Waals surface area contributed by atoms with E-state index >= 15 is 0 Å². The standard InChI is InChI=1S/C13H15ClN2O4S/c1-7(17)15-11-9(6-10(14)21-11)12(18)16-4-2-8(3-5-16)13(19)20/h6,8H,2-5H2,1H3,(H,15,17)(H,19,20). The molecular formula is C13H15ClN2O4S. The maximum absolute atomic E-state index is 12.5. The number of nitrogens with one attached hydrogen (secondary N) is 1. The third-order valence-electron chi connectivity index (χ3n) is 3.35. The van der Waals surface area contributed by atoms with Gasteiger partial charge >= 0.3 is 5.97 Å². The van der Waals surface area contributed by atoms with Gasteiger partial charge in [-0.1, -0.05) is 11.6 Å². The first-order valence-electron chi connectivity index (χ1n) is 6.47. The molecule has 1 aromatic rings. The molecule has 1 fully saturated rings. The summed E-state index contributed by atoms with van der Waals surface area (Å²) in [4.78, 5) is 36.1. The Morgan fingerprint density at radius 2 is 2.00 bits per heavy atom. The Morgan fingerprint density at radius 1 is 1.38 bits per heavy atom. The van der Waals surface area contributed by atoms with Gasteiger partial charge in [-0.3, -0.25) is 14.4 Å². The molecule has 2 rings (SSSR count). The van der Waals surface area contributed by atoms with E-state index in [4.69, 9.17) is 16.7 Å². The number of hydrogen-bond donors (Lipinski definition) is 2. The number of carbonyl (C=O) groups excluding carboxylic acids is 2. The number of nitrogens with zero attached hydrogens (tertiary/aromatic N) is 1. The fourth-order valence-corrected chi connectivity index (χ4v) is 3.44. The van der Waals surface area contributed by atoms with Crippen molar-refractivity contribution in [2.45, 2.75) is 19.8 Å². The molecule has 6 nitrogen and oxygen atoms in total. The van der Waals surface area contributed by atoms with Gasteiger partial charge in [-0.2, -0.15) is 0 Å². The largest absolute Gasteiger partial charge is 0.481 e. The molecule has 2 amide bonds. The molecule has 2 N–H and O–H groups in total. The molecule has 1 aliphatic rings. The second-order valence-electron chi connectivity index (χ2n) is 4.88. The first-order valence-corrected chi connectivity index (χ1v) is 7.67. The van der Waals surface area contributed by atoms with Gasteiger partial charge in [-0.15, -0.1) is 11.3 Å². The van der Waals surface area contributed by atoms with E-state index in [1.54, 1.807) is 4.90 Å². The molecule has 1 aliphatic heterocycles. The monoisotopic (exact) mass is 330 g/mol. The Balaban J connectivity index is 2.10. The number of hydrogen-bond acceptors (Lipinski definition) is 4. The minimum Gasteiger partial charge on any atom is -0.481 e. The summed E-state index contributed by atoms with van der Waals surface area (Å²) in [6.45, 7) is 2.14. The lowest BCUT2D eigenvalue weighted by molar-refractivity contribution is -0.143. The van der Waals surface area contributed by atoms with Crippen LogP contribution in [0.2, 0.25) is 4.34 Å². The molecule has 1 aromatic heterocycles. The van der Waals surface area contributed by atoms with E-state index < -0.39 is 11.9 Å². The van der Waals surface area contributed by atoms with Crippen molar-refractivity contribution in [3.63, 3.8) is 0 Å². The lowest BCUT2D eigenvalue weighted by Crippen LogP contribution is -2.40. The number of carbonyl (C=O) groups is 3. The smallest absolute Gasteiger partial charge is 0.306 e. The minimum atomic E-state index is -0.820. The number of carboxylic acids is 1. The van der Waals surface area contributed by atoms with Gasteiger partial charge in [0.1, 0.15) is 5.00 Å². The maximum Gasteiger partial charge on any atom is 0.306 e. The van der Waals surface area contributed by atoms with Gasteiger partial charge in [0.2, 0.25) is 5.91 Å². The number of thiophene rings is 1. The van der Waals surface area contributed by atoms with Crippen LogP contribution in [0.3, 0.4) is 0 Å². The first-order chi connectivity index (χ1) is 9.88. The molecule has 0 spiro atoms. The summed E-state index contributed by atoms with van der Waals surface area (Å²) >= 11 is 7.05. The minimum absolute atomic E-state index is 0.231. The van der Waals surface area contributed by atoms with E-state index in [0.717, 1.165) is 11.3 Å². The molecule has 114 valence electrons. The zero-order chi connectivity index (χ0) is 15.6. The molecule has 0 radical (unpaired) electrons. The molecule has 1 saturated heterocycles. The SMILES string of the molecule is CC(=O)Nc1sc(Cl)cc1C(=O)N1CCC(C(=O)O)CC1. The topological polar surface area (TPSA) is 86.7 Å². The molecule has 0 aromatic carbocycles. The zero-order valence-electron chi connectivity index (χ0n) is 11.4. The number of rotatable bonds is 3. The van der Waals surface area contributed by atoms with E-state index in [1.807, 2.05) is 0 Å². The molecule has 0 unspecified atom stereocenters. The van der Waals surface area contributed by atoms with Crippen LogP contribution in [0.1, 0.15) is 30.1 Å². The van der Waals surface area contributed by atoms with Crippen molar-refractivity contribution in [3.05, 3.63) is 16.0 Å². The number of likely N-dealkylation sites (tertiary alicyclic amines) is 1. The molecule has 0 aliphatic carbocycles. The van der Waals surface area contributed by atoms with Gasteiger partial charge in [-0.05, 0) is 18.9 Å². The van der Waals surface area contributed by atoms with Crippen LogP contribution in [0, 0.1) is 5.92 Å². The lowest BCUT2D eigenvalue weighted by atomic mass is 9.97. The Morgan fingerprint density at radius 3 is 2.52 bits per heavy atom. The summed E-state index contributed by atoms with van der Waals surface area (Å²) in [7, 11) is 0. The number of anilines is 1. The van der Waals surface area contributed by atoms with Gasteiger partial charge in [0, 0.05) is 20.0 Å². The normalized spacial score (nSPS) is 15.8. The van der Waals surface area contributed by atoms with Crippen LogP contribution in [0.5, 0.6) is 0 Å². The second kappa shape index (κ2) is 6.44. The van der Waals surface area contributed by atoms with Gasteiger partial charge < -0.3 is 15.3 Å². The third kappa shape index (κ3) is 3.74. The van der Waals surface area contributed by atoms with E-state index in [2.05, 4.69) is 5.32 Å². The Hall–Kier alpha value is -1.60. The highest BCUT2D eigenvalue weighted by Gasteiger charge is 2.29. The second-order valence-corrected chi connectivity index (χ2v) is 6.56. The predicted molar refractivity (Wildman–Crippen MR) is 79.9 cm³/mol. The van der Waals surface area contributed by atoms with Crippen LogP contribution in [0.25, 0.3) is 0 Å². The van der Waals surface area contributed by atoms with Gasteiger partial charge in [0.05, 0.1) is 15.8 Å². The van der Waals surface area contributed by atoms with E-state index in [0.29, 0.717) is 40.8 Å². The fraction of sp³-hybridized carbons (Fsp3) is 0.462. The molecule has 8 heteroatoms. The molecule has 2 heterocycles. The Labute approximate surface area is 130 Å². The van der Waals surface area contributed by atoms with Crippen LogP contribution in [0.15, 0.2) is 6.07 Å². The van der Waals surface area contributed by atoms with Gasteiger partial charge in [0.25, 0.3) is 5.91 Å². The Kier molecular flexibility index (Phi) is 4.84. The molecule has 21 heavy (non-hydrogen) atoms. The van der Waals surface area contributed by atoms with Crippen LogP contribution in [-0.2, 0) is 9.59 Å². The predicted octanol–water partition coefficient (Wildman–Crippen LogP) is 2.30. The zero-order valence-corrected chi connectivity index (χ0v) is 13.0. The average Bonchev–Trinajstić information content (AvgIpc) is 2.78. The number of halogens is 1.